The largest absolute Gasteiger partial charge is 0.433 e. The van der Waals surface area contributed by atoms with E-state index in [2.05, 4.69) is 0 Å². The van der Waals surface area contributed by atoms with E-state index in [0.717, 1.165) is 50.7 Å². The van der Waals surface area contributed by atoms with Gasteiger partial charge in [0.2, 0.25) is 0 Å². The number of alkyl halides is 3. The van der Waals surface area contributed by atoms with Crippen molar-refractivity contribution in [3.8, 4) is 0 Å². The highest BCUT2D eigenvalue weighted by molar-refractivity contribution is 5.97. The summed E-state index contributed by atoms with van der Waals surface area (Å²) in [4.78, 5) is 34.9. The Kier molecular flexibility index (Phi) is 9.02. The van der Waals surface area contributed by atoms with Crippen molar-refractivity contribution >= 4 is 17.4 Å². The third-order valence-corrected chi connectivity index (χ3v) is 5.12. The summed E-state index contributed by atoms with van der Waals surface area (Å²) in [6, 6.07) is 4.62. The van der Waals surface area contributed by atoms with Gasteiger partial charge in [-0.15, -0.1) is 0 Å². The first kappa shape index (κ1) is 24.4. The van der Waals surface area contributed by atoms with Crippen LogP contribution < -0.4 is 10.9 Å². The van der Waals surface area contributed by atoms with Crippen LogP contribution in [-0.4, -0.2) is 22.8 Å². The summed E-state index contributed by atoms with van der Waals surface area (Å²) in [6.07, 6.45) is 1.54. The molecule has 0 aromatic heterocycles. The van der Waals surface area contributed by atoms with Gasteiger partial charge in [0, 0.05) is 29.7 Å². The summed E-state index contributed by atoms with van der Waals surface area (Å²) in [5, 5.41) is 10.8. The van der Waals surface area contributed by atoms with E-state index < -0.39 is 28.5 Å². The number of nitro groups is 1. The molecule has 1 amide bonds. The third-order valence-electron chi connectivity index (χ3n) is 5.12. The van der Waals surface area contributed by atoms with E-state index in [0.29, 0.717) is 12.8 Å². The van der Waals surface area contributed by atoms with Crippen molar-refractivity contribution in [2.45, 2.75) is 70.4 Å². The Hall–Kier alpha value is -2.91. The number of allylic oxidation sites excluding steroid dienone is 2. The van der Waals surface area contributed by atoms with Crippen LogP contribution in [0.5, 0.6) is 0 Å². The fourth-order valence-corrected chi connectivity index (χ4v) is 3.47. The van der Waals surface area contributed by atoms with Gasteiger partial charge in [0.05, 0.1) is 4.92 Å². The summed E-state index contributed by atoms with van der Waals surface area (Å²) < 4.78 is 41.2. The van der Waals surface area contributed by atoms with Crippen LogP contribution in [0.1, 0.15) is 74.6 Å². The molecule has 10 heteroatoms. The Morgan fingerprint density at radius 1 is 0.935 bits per heavy atom. The van der Waals surface area contributed by atoms with Crippen molar-refractivity contribution in [1.29, 1.82) is 0 Å². The topological polar surface area (TPSA) is 101 Å². The molecule has 0 atom stereocenters. The molecule has 1 saturated carbocycles. The van der Waals surface area contributed by atoms with Gasteiger partial charge in [-0.1, -0.05) is 44.6 Å². The molecule has 2 rings (SSSR count). The Balaban J connectivity index is 2.23. The Morgan fingerprint density at radius 2 is 1.52 bits per heavy atom. The van der Waals surface area contributed by atoms with Gasteiger partial charge in [-0.2, -0.15) is 13.2 Å². The minimum absolute atomic E-state index is 0.0232. The SMILES string of the molecule is O=C1CCCCCCCCCC/C1=C(\NNC(=O)c1cccc([N+](=O)[O-])c1)C(F)(F)F. The molecule has 170 valence electrons. The highest BCUT2D eigenvalue weighted by Gasteiger charge is 2.38. The van der Waals surface area contributed by atoms with Gasteiger partial charge in [0.15, 0.2) is 5.78 Å². The number of carbonyl (C=O) groups excluding carboxylic acids is 2. The highest BCUT2D eigenvalue weighted by atomic mass is 19.4. The predicted octanol–water partition coefficient (Wildman–Crippen LogP) is 5.13. The van der Waals surface area contributed by atoms with Crippen molar-refractivity contribution in [3.05, 3.63) is 51.2 Å². The second-order valence-electron chi connectivity index (χ2n) is 7.49. The maximum Gasteiger partial charge on any atom is 0.433 e. The van der Waals surface area contributed by atoms with E-state index in [9.17, 15) is 32.9 Å². The van der Waals surface area contributed by atoms with Crippen molar-refractivity contribution in [1.82, 2.24) is 10.9 Å². The van der Waals surface area contributed by atoms with E-state index >= 15 is 0 Å². The van der Waals surface area contributed by atoms with Crippen LogP contribution in [0, 0.1) is 10.1 Å². The fourth-order valence-electron chi connectivity index (χ4n) is 3.47. The summed E-state index contributed by atoms with van der Waals surface area (Å²) in [5.41, 5.74) is 1.62. The number of hydrogen-bond acceptors (Lipinski definition) is 5. The molecule has 0 heterocycles. The lowest BCUT2D eigenvalue weighted by Crippen LogP contribution is -2.42. The smallest absolute Gasteiger partial charge is 0.294 e. The number of carbonyl (C=O) groups is 2. The van der Waals surface area contributed by atoms with Crippen LogP contribution in [0.4, 0.5) is 18.9 Å². The van der Waals surface area contributed by atoms with Crippen molar-refractivity contribution in [2.24, 2.45) is 0 Å². The molecule has 2 N–H and O–H groups in total. The fraction of sp³-hybridized carbons (Fsp3) is 0.524. The molecule has 7 nitrogen and oxygen atoms in total. The molecule has 31 heavy (non-hydrogen) atoms. The average Bonchev–Trinajstić information content (AvgIpc) is 2.71. The first-order valence-corrected chi connectivity index (χ1v) is 10.3. The molecule has 0 spiro atoms. The number of hydrogen-bond donors (Lipinski definition) is 2. The lowest BCUT2D eigenvalue weighted by molar-refractivity contribution is -0.384. The molecule has 0 aliphatic heterocycles. The van der Waals surface area contributed by atoms with Gasteiger partial charge < -0.3 is 0 Å². The van der Waals surface area contributed by atoms with Gasteiger partial charge in [0.1, 0.15) is 5.70 Å². The van der Waals surface area contributed by atoms with Crippen molar-refractivity contribution in [2.75, 3.05) is 0 Å². The lowest BCUT2D eigenvalue weighted by atomic mass is 9.95. The first-order chi connectivity index (χ1) is 14.7. The summed E-state index contributed by atoms with van der Waals surface area (Å²) in [7, 11) is 0. The molecule has 1 aliphatic carbocycles. The Bertz CT molecular complexity index is 837. The lowest BCUT2D eigenvalue weighted by Gasteiger charge is -2.20. The molecular weight excluding hydrogens is 415 g/mol. The molecule has 0 bridgehead atoms. The molecule has 0 saturated heterocycles. The molecule has 1 aliphatic rings. The van der Waals surface area contributed by atoms with Crippen LogP contribution in [0.25, 0.3) is 0 Å². The van der Waals surface area contributed by atoms with E-state index in [1.165, 1.54) is 12.1 Å². The predicted molar refractivity (Wildman–Crippen MR) is 108 cm³/mol. The number of benzene rings is 1. The van der Waals surface area contributed by atoms with Gasteiger partial charge in [-0.05, 0) is 25.3 Å². The van der Waals surface area contributed by atoms with Crippen LogP contribution in [0.3, 0.4) is 0 Å². The second kappa shape index (κ2) is 11.5. The third kappa shape index (κ3) is 7.69. The minimum atomic E-state index is -4.88. The van der Waals surface area contributed by atoms with Crippen molar-refractivity contribution in [3.63, 3.8) is 0 Å². The molecule has 0 unspecified atom stereocenters. The van der Waals surface area contributed by atoms with Crippen LogP contribution in [0.15, 0.2) is 35.5 Å². The zero-order valence-corrected chi connectivity index (χ0v) is 17.1. The number of nitrogens with one attached hydrogen (secondary N) is 2. The zero-order valence-electron chi connectivity index (χ0n) is 17.1. The van der Waals surface area contributed by atoms with E-state index in [4.69, 9.17) is 0 Å². The number of ketones is 1. The Labute approximate surface area is 178 Å². The quantitative estimate of drug-likeness (QED) is 0.383. The molecule has 0 radical (unpaired) electrons. The minimum Gasteiger partial charge on any atom is -0.294 e. The number of nitrogens with zero attached hydrogens (tertiary/aromatic N) is 1. The number of hydrazine groups is 1. The monoisotopic (exact) mass is 441 g/mol. The van der Waals surface area contributed by atoms with Crippen LogP contribution in [0.2, 0.25) is 0 Å². The average molecular weight is 441 g/mol. The van der Waals surface area contributed by atoms with Gasteiger partial charge in [0.25, 0.3) is 11.6 Å². The summed E-state index contributed by atoms with van der Waals surface area (Å²) in [6.45, 7) is 0. The first-order valence-electron chi connectivity index (χ1n) is 10.3. The summed E-state index contributed by atoms with van der Waals surface area (Å²) >= 11 is 0. The number of halogens is 3. The molecular formula is C21H26F3N3O4. The maximum atomic E-state index is 13.7. The van der Waals surface area contributed by atoms with Crippen molar-refractivity contribution < 1.29 is 27.7 Å². The molecule has 1 fully saturated rings. The molecule has 1 aromatic carbocycles. The second-order valence-corrected chi connectivity index (χ2v) is 7.49. The van der Waals surface area contributed by atoms with E-state index in [1.807, 2.05) is 10.9 Å². The highest BCUT2D eigenvalue weighted by Crippen LogP contribution is 2.30. The number of nitro benzene ring substituents is 1. The van der Waals surface area contributed by atoms with Gasteiger partial charge in [-0.3, -0.25) is 30.6 Å². The van der Waals surface area contributed by atoms with Crippen LogP contribution in [-0.2, 0) is 4.79 Å². The van der Waals surface area contributed by atoms with E-state index in [-0.39, 0.29) is 29.7 Å². The van der Waals surface area contributed by atoms with Gasteiger partial charge >= 0.3 is 6.18 Å². The van der Waals surface area contributed by atoms with E-state index in [1.54, 1.807) is 0 Å². The molecule has 1 aromatic rings. The van der Waals surface area contributed by atoms with Gasteiger partial charge in [-0.25, -0.2) is 0 Å². The number of non-ortho nitro benzene ring substituents is 1. The maximum absolute atomic E-state index is 13.7. The zero-order chi connectivity index (χ0) is 22.9. The summed E-state index contributed by atoms with van der Waals surface area (Å²) in [5.74, 6) is -1.56. The number of rotatable bonds is 4. The standard InChI is InChI=1S/C21H26F3N3O4/c22-21(23,24)19(17-12-7-5-3-1-2-4-6-8-13-18(17)28)25-26-20(29)15-10-9-11-16(14-15)27(30)31/h9-11,14,25H,1-8,12-13H2,(H,26,29)/b19-17+. The Morgan fingerprint density at radius 3 is 2.10 bits per heavy atom. The number of amides is 1. The normalized spacial score (nSPS) is 18.4. The number of Topliss-reactive ketones (excluding diaryl/α,β-unsaturated/α-hetero) is 1. The van der Waals surface area contributed by atoms with Crippen LogP contribution >= 0.6 is 0 Å².